The molecule has 6 heteroatoms. The number of imidazole rings is 1. The van der Waals surface area contributed by atoms with Crippen molar-refractivity contribution in [3.63, 3.8) is 0 Å². The van der Waals surface area contributed by atoms with Crippen molar-refractivity contribution in [1.29, 1.82) is 0 Å². The molecule has 1 atom stereocenters. The first-order chi connectivity index (χ1) is 8.97. The Kier molecular flexibility index (Phi) is 2.89. The number of aromatic nitrogens is 2. The van der Waals surface area contributed by atoms with Crippen LogP contribution in [0.4, 0.5) is 0 Å². The zero-order valence-corrected chi connectivity index (χ0v) is 12.0. The third-order valence-electron chi connectivity index (χ3n) is 3.43. The molecule has 0 saturated heterocycles. The van der Waals surface area contributed by atoms with Crippen LogP contribution in [-0.4, -0.2) is 19.8 Å². The smallest absolute Gasteiger partial charge is 0.245 e. The molecule has 1 fully saturated rings. The second-order valence-electron chi connectivity index (χ2n) is 4.57. The average Bonchev–Trinajstić information content (AvgIpc) is 2.80. The number of hydrogen-bond acceptors (Lipinski definition) is 2. The van der Waals surface area contributed by atoms with Gasteiger partial charge in [0, 0.05) is 23.8 Å². The van der Waals surface area contributed by atoms with Gasteiger partial charge in [-0.15, -0.1) is 23.2 Å². The van der Waals surface area contributed by atoms with E-state index in [2.05, 4.69) is 4.98 Å². The molecule has 1 aliphatic carbocycles. The summed E-state index contributed by atoms with van der Waals surface area (Å²) in [6.07, 6.45) is 4.95. The molecule has 1 unspecified atom stereocenters. The number of carbonyl (C=O) groups excluding carboxylic acids is 1. The molecule has 3 rings (SSSR count). The predicted octanol–water partition coefficient (Wildman–Crippen LogP) is 3.69. The molecule has 19 heavy (non-hydrogen) atoms. The summed E-state index contributed by atoms with van der Waals surface area (Å²) in [7, 11) is 0. The number of alkyl halides is 2. The summed E-state index contributed by atoms with van der Waals surface area (Å²) >= 11 is 18.3. The van der Waals surface area contributed by atoms with Crippen LogP contribution in [-0.2, 0) is 5.41 Å². The van der Waals surface area contributed by atoms with Gasteiger partial charge in [0.25, 0.3) is 0 Å². The maximum Gasteiger partial charge on any atom is 0.245 e. The summed E-state index contributed by atoms with van der Waals surface area (Å²) in [6, 6.07) is 7.01. The Bertz CT molecular complexity index is 622. The molecule has 0 radical (unpaired) electrons. The topological polar surface area (TPSA) is 34.9 Å². The summed E-state index contributed by atoms with van der Waals surface area (Å²) < 4.78 is 0.309. The maximum atomic E-state index is 12.6. The molecule has 1 aromatic carbocycles. The Morgan fingerprint density at radius 3 is 2.37 bits per heavy atom. The number of rotatable bonds is 2. The van der Waals surface area contributed by atoms with E-state index in [4.69, 9.17) is 34.8 Å². The SMILES string of the molecule is O=C(n1ccnc1)C1(c2ccc(Cl)cc2)CC1(Cl)Cl. The highest BCUT2D eigenvalue weighted by molar-refractivity contribution is 6.54. The van der Waals surface area contributed by atoms with E-state index in [1.54, 1.807) is 36.7 Å². The van der Waals surface area contributed by atoms with Crippen LogP contribution in [0.25, 0.3) is 0 Å². The second kappa shape index (κ2) is 4.23. The van der Waals surface area contributed by atoms with Crippen LogP contribution >= 0.6 is 34.8 Å². The molecule has 2 aromatic rings. The van der Waals surface area contributed by atoms with Crippen molar-refractivity contribution in [2.45, 2.75) is 16.2 Å². The van der Waals surface area contributed by atoms with Gasteiger partial charge in [0.1, 0.15) is 16.1 Å². The van der Waals surface area contributed by atoms with Crippen LogP contribution in [0, 0.1) is 0 Å². The molecule has 0 N–H and O–H groups in total. The number of benzene rings is 1. The number of nitrogens with zero attached hydrogens (tertiary/aromatic N) is 2. The van der Waals surface area contributed by atoms with E-state index < -0.39 is 9.75 Å². The minimum absolute atomic E-state index is 0.183. The van der Waals surface area contributed by atoms with Crippen LogP contribution in [0.3, 0.4) is 0 Å². The lowest BCUT2D eigenvalue weighted by Gasteiger charge is -2.17. The molecule has 0 aliphatic heterocycles. The van der Waals surface area contributed by atoms with E-state index in [1.165, 1.54) is 10.9 Å². The highest BCUT2D eigenvalue weighted by atomic mass is 35.5. The average molecular weight is 316 g/mol. The van der Waals surface area contributed by atoms with E-state index in [9.17, 15) is 4.79 Å². The Morgan fingerprint density at radius 2 is 1.89 bits per heavy atom. The lowest BCUT2D eigenvalue weighted by Crippen LogP contribution is -2.31. The summed E-state index contributed by atoms with van der Waals surface area (Å²) in [5.74, 6) is -0.183. The number of halogens is 3. The van der Waals surface area contributed by atoms with Gasteiger partial charge in [-0.2, -0.15) is 0 Å². The van der Waals surface area contributed by atoms with Gasteiger partial charge < -0.3 is 0 Å². The van der Waals surface area contributed by atoms with E-state index in [0.717, 1.165) is 5.56 Å². The zero-order valence-electron chi connectivity index (χ0n) is 9.69. The van der Waals surface area contributed by atoms with Gasteiger partial charge in [-0.25, -0.2) is 4.98 Å². The van der Waals surface area contributed by atoms with E-state index >= 15 is 0 Å². The molecule has 3 nitrogen and oxygen atoms in total. The summed E-state index contributed by atoms with van der Waals surface area (Å²) in [5.41, 5.74) is -0.165. The fraction of sp³-hybridized carbons (Fsp3) is 0.231. The molecular formula is C13H9Cl3N2O. The molecule has 1 heterocycles. The monoisotopic (exact) mass is 314 g/mol. The quantitative estimate of drug-likeness (QED) is 0.792. The lowest BCUT2D eigenvalue weighted by atomic mass is 9.95. The molecule has 0 spiro atoms. The second-order valence-corrected chi connectivity index (χ2v) is 6.49. The largest absolute Gasteiger partial charge is 0.275 e. The summed E-state index contributed by atoms with van der Waals surface area (Å²) in [5, 5.41) is 0.601. The van der Waals surface area contributed by atoms with Gasteiger partial charge in [0.05, 0.1) is 0 Å². The fourth-order valence-corrected chi connectivity index (χ4v) is 3.20. The standard InChI is InChI=1S/C13H9Cl3N2O/c14-10-3-1-9(2-4-10)12(7-13(12,15)16)11(19)18-6-5-17-8-18/h1-6,8H,7H2. The van der Waals surface area contributed by atoms with Gasteiger partial charge in [0.15, 0.2) is 0 Å². The maximum absolute atomic E-state index is 12.6. The fourth-order valence-electron chi connectivity index (χ4n) is 2.29. The highest BCUT2D eigenvalue weighted by Crippen LogP contribution is 2.65. The summed E-state index contributed by atoms with van der Waals surface area (Å²) in [6.45, 7) is 0. The Morgan fingerprint density at radius 1 is 1.26 bits per heavy atom. The first-order valence-corrected chi connectivity index (χ1v) is 6.77. The molecule has 1 aromatic heterocycles. The van der Waals surface area contributed by atoms with E-state index in [-0.39, 0.29) is 5.91 Å². The lowest BCUT2D eigenvalue weighted by molar-refractivity contribution is 0.0861. The van der Waals surface area contributed by atoms with Crippen molar-refractivity contribution in [3.05, 3.63) is 53.6 Å². The van der Waals surface area contributed by atoms with Crippen LogP contribution in [0.1, 0.15) is 16.8 Å². The molecule has 98 valence electrons. The zero-order chi connectivity index (χ0) is 13.7. The van der Waals surface area contributed by atoms with Crippen molar-refractivity contribution in [2.75, 3.05) is 0 Å². The van der Waals surface area contributed by atoms with Gasteiger partial charge >= 0.3 is 0 Å². The van der Waals surface area contributed by atoms with Gasteiger partial charge in [0.2, 0.25) is 5.91 Å². The van der Waals surface area contributed by atoms with E-state index in [1.807, 2.05) is 0 Å². The van der Waals surface area contributed by atoms with Gasteiger partial charge in [-0.3, -0.25) is 9.36 Å². The van der Waals surface area contributed by atoms with E-state index in [0.29, 0.717) is 11.4 Å². The van der Waals surface area contributed by atoms with Crippen molar-refractivity contribution >= 4 is 40.7 Å². The van der Waals surface area contributed by atoms with Gasteiger partial charge in [-0.05, 0) is 17.7 Å². The van der Waals surface area contributed by atoms with Crippen LogP contribution in [0.2, 0.25) is 5.02 Å². The normalized spacial score (nSPS) is 24.2. The van der Waals surface area contributed by atoms with Gasteiger partial charge in [-0.1, -0.05) is 23.7 Å². The minimum Gasteiger partial charge on any atom is -0.275 e. The number of hydrogen-bond donors (Lipinski definition) is 0. The molecule has 0 bridgehead atoms. The van der Waals surface area contributed by atoms with Crippen molar-refractivity contribution in [3.8, 4) is 0 Å². The van der Waals surface area contributed by atoms with Crippen molar-refractivity contribution in [2.24, 2.45) is 0 Å². The minimum atomic E-state index is -1.10. The Balaban J connectivity index is 2.07. The van der Waals surface area contributed by atoms with Crippen LogP contribution < -0.4 is 0 Å². The third kappa shape index (κ3) is 1.88. The van der Waals surface area contributed by atoms with Crippen LogP contribution in [0.5, 0.6) is 0 Å². The van der Waals surface area contributed by atoms with Crippen molar-refractivity contribution < 1.29 is 4.79 Å². The first-order valence-electron chi connectivity index (χ1n) is 5.64. The Hall–Kier alpha value is -1.03. The van der Waals surface area contributed by atoms with Crippen LogP contribution in [0.15, 0.2) is 43.0 Å². The summed E-state index contributed by atoms with van der Waals surface area (Å²) in [4.78, 5) is 16.5. The molecule has 1 aliphatic rings. The Labute approximate surface area is 125 Å². The highest BCUT2D eigenvalue weighted by Gasteiger charge is 2.72. The molecule has 0 amide bonds. The number of carbonyl (C=O) groups is 1. The predicted molar refractivity (Wildman–Crippen MR) is 75.0 cm³/mol. The first kappa shape index (κ1) is 13.0. The third-order valence-corrected chi connectivity index (χ3v) is 4.59. The van der Waals surface area contributed by atoms with Crippen molar-refractivity contribution in [1.82, 2.24) is 9.55 Å². The molecular weight excluding hydrogens is 307 g/mol. The molecule has 1 saturated carbocycles.